The topological polar surface area (TPSA) is 47.6 Å². The number of nitrogens with zero attached hydrogens (tertiary/aromatic N) is 1. The van der Waals surface area contributed by atoms with Crippen molar-refractivity contribution >= 4 is 6.72 Å². The number of ether oxygens (including phenoxy) is 1. The second-order valence-electron chi connectivity index (χ2n) is 3.25. The van der Waals surface area contributed by atoms with Gasteiger partial charge in [-0.2, -0.15) is 0 Å². The van der Waals surface area contributed by atoms with Crippen LogP contribution in [0.5, 0.6) is 0 Å². The summed E-state index contributed by atoms with van der Waals surface area (Å²) in [4.78, 5) is 3.69. The van der Waals surface area contributed by atoms with Gasteiger partial charge in [-0.25, -0.2) is 0 Å². The van der Waals surface area contributed by atoms with Gasteiger partial charge >= 0.3 is 0 Å². The van der Waals surface area contributed by atoms with Crippen LogP contribution in [-0.4, -0.2) is 13.8 Å². The molecule has 1 fully saturated rings. The Labute approximate surface area is 79.0 Å². The van der Waals surface area contributed by atoms with Gasteiger partial charge in [-0.05, 0) is 32.4 Å². The first-order valence-corrected chi connectivity index (χ1v) is 4.37. The smallest absolute Gasteiger partial charge is 0.142 e. The monoisotopic (exact) mass is 180 g/mol. The van der Waals surface area contributed by atoms with Crippen molar-refractivity contribution in [1.29, 1.82) is 0 Å². The minimum atomic E-state index is 0.568. The van der Waals surface area contributed by atoms with Crippen molar-refractivity contribution in [2.24, 2.45) is 16.6 Å². The fourth-order valence-electron chi connectivity index (χ4n) is 1.40. The Balaban J connectivity index is 2.91. The number of methoxy groups -OCH3 is 1. The molecule has 0 amide bonds. The first-order valence-electron chi connectivity index (χ1n) is 4.37. The predicted molar refractivity (Wildman–Crippen MR) is 54.3 cm³/mol. The summed E-state index contributed by atoms with van der Waals surface area (Å²) < 4.78 is 5.20. The van der Waals surface area contributed by atoms with E-state index in [1.54, 1.807) is 13.3 Å². The number of hydrogen-bond acceptors (Lipinski definition) is 3. The van der Waals surface area contributed by atoms with Crippen LogP contribution >= 0.6 is 0 Å². The van der Waals surface area contributed by atoms with Gasteiger partial charge in [0.15, 0.2) is 0 Å². The van der Waals surface area contributed by atoms with E-state index in [9.17, 15) is 0 Å². The Hall–Kier alpha value is -1.25. The summed E-state index contributed by atoms with van der Waals surface area (Å²) in [6.07, 6.45) is 4.01. The molecule has 0 aromatic heterocycles. The Morgan fingerprint density at radius 1 is 1.62 bits per heavy atom. The van der Waals surface area contributed by atoms with Crippen molar-refractivity contribution in [3.05, 3.63) is 23.2 Å². The molecule has 0 heterocycles. The molecule has 1 aliphatic carbocycles. The Bertz CT molecular complexity index is 258. The fourth-order valence-corrected chi connectivity index (χ4v) is 1.40. The molecule has 2 N–H and O–H groups in total. The van der Waals surface area contributed by atoms with Gasteiger partial charge < -0.3 is 10.5 Å². The molecular formula is C10H16N2O. The average molecular weight is 180 g/mol. The fraction of sp³-hybridized carbons (Fsp3) is 0.500. The highest BCUT2D eigenvalue weighted by molar-refractivity contribution is 5.36. The molecule has 13 heavy (non-hydrogen) atoms. The quantitative estimate of drug-likeness (QED) is 0.407. The van der Waals surface area contributed by atoms with Gasteiger partial charge in [0.25, 0.3) is 0 Å². The summed E-state index contributed by atoms with van der Waals surface area (Å²) in [5.41, 5.74) is 7.69. The van der Waals surface area contributed by atoms with E-state index in [1.165, 1.54) is 12.8 Å². The van der Waals surface area contributed by atoms with E-state index >= 15 is 0 Å². The standard InChI is InChI=1S/C10H16N2O/c1-7(11)10(8-4-5-8)9(13-3)6-12-2/h6,8H,2,4-5,11H2,1,3H3/b9-6+,10-7+. The van der Waals surface area contributed by atoms with Crippen molar-refractivity contribution < 1.29 is 4.74 Å². The number of hydrogen-bond donors (Lipinski definition) is 1. The third kappa shape index (κ3) is 2.34. The van der Waals surface area contributed by atoms with Crippen LogP contribution in [0.15, 0.2) is 28.2 Å². The second-order valence-corrected chi connectivity index (χ2v) is 3.25. The van der Waals surface area contributed by atoms with Gasteiger partial charge in [-0.3, -0.25) is 4.99 Å². The molecular weight excluding hydrogens is 164 g/mol. The lowest BCUT2D eigenvalue weighted by Gasteiger charge is -2.10. The highest BCUT2D eigenvalue weighted by Gasteiger charge is 2.30. The van der Waals surface area contributed by atoms with Crippen molar-refractivity contribution in [1.82, 2.24) is 0 Å². The zero-order chi connectivity index (χ0) is 9.84. The molecule has 3 nitrogen and oxygen atoms in total. The molecule has 0 aromatic carbocycles. The first kappa shape index (κ1) is 9.84. The normalized spacial score (nSPS) is 19.4. The first-order chi connectivity index (χ1) is 6.20. The van der Waals surface area contributed by atoms with Gasteiger partial charge in [-0.1, -0.05) is 0 Å². The highest BCUT2D eigenvalue weighted by Crippen LogP contribution is 2.40. The predicted octanol–water partition coefficient (Wildman–Crippen LogP) is 1.82. The van der Waals surface area contributed by atoms with E-state index in [1.807, 2.05) is 6.92 Å². The van der Waals surface area contributed by atoms with Crippen LogP contribution in [0.2, 0.25) is 0 Å². The van der Waals surface area contributed by atoms with Crippen LogP contribution < -0.4 is 5.73 Å². The zero-order valence-corrected chi connectivity index (χ0v) is 8.21. The highest BCUT2D eigenvalue weighted by atomic mass is 16.5. The van der Waals surface area contributed by atoms with Crippen LogP contribution in [0.3, 0.4) is 0 Å². The van der Waals surface area contributed by atoms with Crippen LogP contribution in [0.1, 0.15) is 19.8 Å². The van der Waals surface area contributed by atoms with Gasteiger partial charge in [0.05, 0.1) is 13.3 Å². The largest absolute Gasteiger partial charge is 0.495 e. The maximum absolute atomic E-state index is 5.78. The summed E-state index contributed by atoms with van der Waals surface area (Å²) in [5, 5.41) is 0. The third-order valence-electron chi connectivity index (χ3n) is 2.10. The molecule has 0 bridgehead atoms. The van der Waals surface area contributed by atoms with E-state index in [-0.39, 0.29) is 0 Å². The van der Waals surface area contributed by atoms with Crippen LogP contribution in [0.25, 0.3) is 0 Å². The minimum absolute atomic E-state index is 0.568. The number of nitrogens with two attached hydrogens (primary N) is 1. The molecule has 72 valence electrons. The van der Waals surface area contributed by atoms with Gasteiger partial charge in [0, 0.05) is 11.3 Å². The number of allylic oxidation sites excluding steroid dienone is 2. The van der Waals surface area contributed by atoms with Gasteiger partial charge in [0.1, 0.15) is 5.76 Å². The molecule has 0 radical (unpaired) electrons. The molecule has 1 rings (SSSR count). The molecule has 1 saturated carbocycles. The molecule has 0 spiro atoms. The zero-order valence-electron chi connectivity index (χ0n) is 8.21. The van der Waals surface area contributed by atoms with Crippen molar-refractivity contribution in [3.63, 3.8) is 0 Å². The lowest BCUT2D eigenvalue weighted by molar-refractivity contribution is 0.295. The summed E-state index contributed by atoms with van der Waals surface area (Å²) >= 11 is 0. The molecule has 0 saturated heterocycles. The van der Waals surface area contributed by atoms with E-state index in [0.29, 0.717) is 5.92 Å². The van der Waals surface area contributed by atoms with E-state index in [2.05, 4.69) is 11.7 Å². The minimum Gasteiger partial charge on any atom is -0.495 e. The third-order valence-corrected chi connectivity index (χ3v) is 2.10. The Kier molecular flexibility index (Phi) is 3.12. The molecule has 0 aromatic rings. The summed E-state index contributed by atoms with van der Waals surface area (Å²) in [6, 6.07) is 0. The lowest BCUT2D eigenvalue weighted by atomic mass is 10.1. The Morgan fingerprint density at radius 3 is 2.54 bits per heavy atom. The Morgan fingerprint density at radius 2 is 2.23 bits per heavy atom. The van der Waals surface area contributed by atoms with Gasteiger partial charge in [-0.15, -0.1) is 0 Å². The summed E-state index contributed by atoms with van der Waals surface area (Å²) in [6.45, 7) is 5.29. The van der Waals surface area contributed by atoms with E-state index < -0.39 is 0 Å². The molecule has 0 unspecified atom stereocenters. The van der Waals surface area contributed by atoms with Crippen molar-refractivity contribution in [2.75, 3.05) is 7.11 Å². The SMILES string of the molecule is C=N/C=C(OC)\C(=C(/C)N)C1CC1. The lowest BCUT2D eigenvalue weighted by Crippen LogP contribution is -2.04. The summed E-state index contributed by atoms with van der Waals surface area (Å²) in [5.74, 6) is 1.32. The molecule has 0 aliphatic heterocycles. The van der Waals surface area contributed by atoms with Crippen LogP contribution in [0.4, 0.5) is 0 Å². The molecule has 3 heteroatoms. The van der Waals surface area contributed by atoms with E-state index in [4.69, 9.17) is 10.5 Å². The summed E-state index contributed by atoms with van der Waals surface area (Å²) in [7, 11) is 1.63. The van der Waals surface area contributed by atoms with Crippen molar-refractivity contribution in [3.8, 4) is 0 Å². The van der Waals surface area contributed by atoms with E-state index in [0.717, 1.165) is 17.0 Å². The molecule has 0 atom stereocenters. The van der Waals surface area contributed by atoms with Crippen LogP contribution in [-0.2, 0) is 4.74 Å². The van der Waals surface area contributed by atoms with Crippen LogP contribution in [0, 0.1) is 5.92 Å². The van der Waals surface area contributed by atoms with Crippen molar-refractivity contribution in [2.45, 2.75) is 19.8 Å². The second kappa shape index (κ2) is 4.12. The maximum atomic E-state index is 5.78. The number of aliphatic imine (C=N–C) groups is 1. The van der Waals surface area contributed by atoms with Gasteiger partial charge in [0.2, 0.25) is 0 Å². The maximum Gasteiger partial charge on any atom is 0.142 e. The molecule has 1 aliphatic rings. The average Bonchev–Trinajstić information content (AvgIpc) is 2.86. The number of rotatable bonds is 4.